The Bertz CT molecular complexity index is 459. The van der Waals surface area contributed by atoms with Crippen LogP contribution in [0.4, 0.5) is 0 Å². The van der Waals surface area contributed by atoms with Gasteiger partial charge in [-0.1, -0.05) is 27.5 Å². The third-order valence-electron chi connectivity index (χ3n) is 3.60. The van der Waals surface area contributed by atoms with E-state index in [2.05, 4.69) is 26.9 Å². The summed E-state index contributed by atoms with van der Waals surface area (Å²) < 4.78 is 1.05. The minimum Gasteiger partial charge on any atom is -0.370 e. The highest BCUT2D eigenvalue weighted by atomic mass is 79.9. The van der Waals surface area contributed by atoms with E-state index in [1.807, 2.05) is 12.1 Å². The average molecular weight is 346 g/mol. The third-order valence-corrected chi connectivity index (χ3v) is 4.46. The number of rotatable bonds is 4. The van der Waals surface area contributed by atoms with Crippen LogP contribution in [-0.4, -0.2) is 23.9 Å². The highest BCUT2D eigenvalue weighted by Gasteiger charge is 2.21. The molecule has 5 heteroatoms. The minimum atomic E-state index is -0.187. The molecular formula is C14H18BrClN2O. The van der Waals surface area contributed by atoms with Gasteiger partial charge in [-0.25, -0.2) is 0 Å². The van der Waals surface area contributed by atoms with Crippen molar-refractivity contribution in [1.29, 1.82) is 0 Å². The summed E-state index contributed by atoms with van der Waals surface area (Å²) in [5.74, 6) is 0.264. The molecule has 1 aromatic rings. The van der Waals surface area contributed by atoms with Gasteiger partial charge in [-0.15, -0.1) is 0 Å². The maximum Gasteiger partial charge on any atom is 0.217 e. The Labute approximate surface area is 127 Å². The number of piperidine rings is 1. The van der Waals surface area contributed by atoms with Gasteiger partial charge in [0.2, 0.25) is 5.91 Å². The first-order valence-electron chi connectivity index (χ1n) is 6.49. The molecule has 1 aliphatic heterocycles. The Morgan fingerprint density at radius 3 is 2.74 bits per heavy atom. The molecule has 0 aliphatic carbocycles. The average Bonchev–Trinajstić information content (AvgIpc) is 2.35. The summed E-state index contributed by atoms with van der Waals surface area (Å²) in [5.41, 5.74) is 6.39. The second-order valence-electron chi connectivity index (χ2n) is 5.13. The fraction of sp³-hybridized carbons (Fsp3) is 0.500. The number of hydrogen-bond donors (Lipinski definition) is 1. The van der Waals surface area contributed by atoms with Crippen molar-refractivity contribution in [3.63, 3.8) is 0 Å². The number of benzene rings is 1. The summed E-state index contributed by atoms with van der Waals surface area (Å²) in [6, 6.07) is 5.93. The predicted octanol–water partition coefficient (Wildman–Crippen LogP) is 3.19. The molecular weight excluding hydrogens is 328 g/mol. The second-order valence-corrected chi connectivity index (χ2v) is 6.45. The quantitative estimate of drug-likeness (QED) is 0.911. The first-order valence-corrected chi connectivity index (χ1v) is 7.66. The first-order chi connectivity index (χ1) is 9.04. The van der Waals surface area contributed by atoms with E-state index in [9.17, 15) is 4.79 Å². The van der Waals surface area contributed by atoms with E-state index in [0.29, 0.717) is 12.3 Å². The molecule has 2 rings (SSSR count). The Balaban J connectivity index is 1.88. The van der Waals surface area contributed by atoms with Crippen LogP contribution in [0.3, 0.4) is 0 Å². The summed E-state index contributed by atoms with van der Waals surface area (Å²) in [7, 11) is 0. The maximum atomic E-state index is 10.9. The largest absolute Gasteiger partial charge is 0.370 e. The summed E-state index contributed by atoms with van der Waals surface area (Å²) in [6.07, 6.45) is 2.59. The Hall–Kier alpha value is -0.580. The molecule has 0 saturated carbocycles. The van der Waals surface area contributed by atoms with Gasteiger partial charge in [0, 0.05) is 22.5 Å². The Morgan fingerprint density at radius 2 is 2.11 bits per heavy atom. The van der Waals surface area contributed by atoms with Crippen molar-refractivity contribution in [3.8, 4) is 0 Å². The molecule has 1 amide bonds. The van der Waals surface area contributed by atoms with Crippen molar-refractivity contribution in [2.75, 3.05) is 13.1 Å². The zero-order chi connectivity index (χ0) is 13.8. The highest BCUT2D eigenvalue weighted by Crippen LogP contribution is 2.25. The summed E-state index contributed by atoms with van der Waals surface area (Å²) in [6.45, 7) is 2.86. The maximum absolute atomic E-state index is 10.9. The SMILES string of the molecule is NC(=O)CC1CCN(Cc2cc(Br)ccc2Cl)CC1. The lowest BCUT2D eigenvalue weighted by atomic mass is 9.93. The number of nitrogens with two attached hydrogens (primary N) is 1. The normalized spacial score (nSPS) is 17.6. The van der Waals surface area contributed by atoms with Crippen molar-refractivity contribution >= 4 is 33.4 Å². The number of amides is 1. The summed E-state index contributed by atoms with van der Waals surface area (Å²) in [4.78, 5) is 13.3. The number of likely N-dealkylation sites (tertiary alicyclic amines) is 1. The van der Waals surface area contributed by atoms with Crippen LogP contribution in [0.1, 0.15) is 24.8 Å². The molecule has 1 heterocycles. The topological polar surface area (TPSA) is 46.3 Å². The van der Waals surface area contributed by atoms with Gasteiger partial charge in [0.05, 0.1) is 0 Å². The Kier molecular flexibility index (Phi) is 5.25. The van der Waals surface area contributed by atoms with Crippen molar-refractivity contribution in [1.82, 2.24) is 4.90 Å². The van der Waals surface area contributed by atoms with Crippen LogP contribution in [0.5, 0.6) is 0 Å². The molecule has 104 valence electrons. The number of nitrogens with zero attached hydrogens (tertiary/aromatic N) is 1. The van der Waals surface area contributed by atoms with E-state index in [0.717, 1.165) is 47.5 Å². The zero-order valence-corrected chi connectivity index (χ0v) is 13.1. The van der Waals surface area contributed by atoms with Gasteiger partial charge in [-0.2, -0.15) is 0 Å². The van der Waals surface area contributed by atoms with Crippen LogP contribution in [0.25, 0.3) is 0 Å². The van der Waals surface area contributed by atoms with E-state index in [1.165, 1.54) is 0 Å². The zero-order valence-electron chi connectivity index (χ0n) is 10.7. The number of hydrogen-bond acceptors (Lipinski definition) is 2. The molecule has 0 radical (unpaired) electrons. The van der Waals surface area contributed by atoms with Gasteiger partial charge in [-0.05, 0) is 55.6 Å². The molecule has 3 nitrogen and oxygen atoms in total. The van der Waals surface area contributed by atoms with Gasteiger partial charge in [0.1, 0.15) is 0 Å². The van der Waals surface area contributed by atoms with Crippen molar-refractivity contribution < 1.29 is 4.79 Å². The van der Waals surface area contributed by atoms with E-state index in [4.69, 9.17) is 17.3 Å². The molecule has 0 aromatic heterocycles. The number of carbonyl (C=O) groups excluding carboxylic acids is 1. The fourth-order valence-corrected chi connectivity index (χ4v) is 3.12. The Morgan fingerprint density at radius 1 is 1.42 bits per heavy atom. The van der Waals surface area contributed by atoms with Gasteiger partial charge in [0.15, 0.2) is 0 Å². The minimum absolute atomic E-state index is 0.187. The van der Waals surface area contributed by atoms with Crippen LogP contribution in [0, 0.1) is 5.92 Å². The van der Waals surface area contributed by atoms with Gasteiger partial charge in [-0.3, -0.25) is 9.69 Å². The molecule has 0 atom stereocenters. The van der Waals surface area contributed by atoms with Crippen LogP contribution >= 0.6 is 27.5 Å². The first kappa shape index (κ1) is 14.8. The number of carbonyl (C=O) groups is 1. The molecule has 1 aliphatic rings. The van der Waals surface area contributed by atoms with E-state index < -0.39 is 0 Å². The van der Waals surface area contributed by atoms with E-state index >= 15 is 0 Å². The summed E-state index contributed by atoms with van der Waals surface area (Å²) >= 11 is 9.67. The molecule has 19 heavy (non-hydrogen) atoms. The third kappa shape index (κ3) is 4.48. The number of halogens is 2. The van der Waals surface area contributed by atoms with Crippen LogP contribution < -0.4 is 5.73 Å². The standard InChI is InChI=1S/C14H18BrClN2O/c15-12-1-2-13(16)11(8-12)9-18-5-3-10(4-6-18)7-14(17)19/h1-2,8,10H,3-7,9H2,(H2,17,19). The molecule has 1 fully saturated rings. The van der Waals surface area contributed by atoms with Gasteiger partial charge >= 0.3 is 0 Å². The lowest BCUT2D eigenvalue weighted by molar-refractivity contribution is -0.119. The van der Waals surface area contributed by atoms with Gasteiger partial charge < -0.3 is 5.73 Å². The second kappa shape index (κ2) is 6.73. The molecule has 1 saturated heterocycles. The van der Waals surface area contributed by atoms with E-state index in [-0.39, 0.29) is 5.91 Å². The molecule has 2 N–H and O–H groups in total. The number of primary amides is 1. The van der Waals surface area contributed by atoms with Crippen molar-refractivity contribution in [2.24, 2.45) is 11.7 Å². The molecule has 0 spiro atoms. The predicted molar refractivity (Wildman–Crippen MR) is 81.0 cm³/mol. The van der Waals surface area contributed by atoms with Gasteiger partial charge in [0.25, 0.3) is 0 Å². The lowest BCUT2D eigenvalue weighted by Crippen LogP contribution is -2.34. The van der Waals surface area contributed by atoms with Crippen LogP contribution in [0.2, 0.25) is 5.02 Å². The molecule has 0 bridgehead atoms. The monoisotopic (exact) mass is 344 g/mol. The van der Waals surface area contributed by atoms with E-state index in [1.54, 1.807) is 0 Å². The summed E-state index contributed by atoms with van der Waals surface area (Å²) in [5, 5.41) is 0.808. The smallest absolute Gasteiger partial charge is 0.217 e. The highest BCUT2D eigenvalue weighted by molar-refractivity contribution is 9.10. The van der Waals surface area contributed by atoms with Crippen LogP contribution in [0.15, 0.2) is 22.7 Å². The molecule has 0 unspecified atom stereocenters. The van der Waals surface area contributed by atoms with Crippen LogP contribution in [-0.2, 0) is 11.3 Å². The molecule has 1 aromatic carbocycles. The fourth-order valence-electron chi connectivity index (χ4n) is 2.54. The van der Waals surface area contributed by atoms with Crippen molar-refractivity contribution in [3.05, 3.63) is 33.3 Å². The lowest BCUT2D eigenvalue weighted by Gasteiger charge is -2.31. The van der Waals surface area contributed by atoms with Crippen molar-refractivity contribution in [2.45, 2.75) is 25.8 Å².